The monoisotopic (exact) mass is 188 g/mol. The highest BCUT2D eigenvalue weighted by Gasteiger charge is 2.06. The van der Waals surface area contributed by atoms with E-state index < -0.39 is 0 Å². The molecule has 0 aliphatic heterocycles. The second-order valence-corrected chi connectivity index (χ2v) is 2.90. The fourth-order valence-corrected chi connectivity index (χ4v) is 1.29. The number of nitriles is 1. The van der Waals surface area contributed by atoms with Crippen molar-refractivity contribution in [1.82, 2.24) is 14.6 Å². The molecule has 2 aromatic rings. The lowest BCUT2D eigenvalue weighted by molar-refractivity contribution is 0.876. The molecule has 0 unspecified atom stereocenters. The van der Waals surface area contributed by atoms with Crippen molar-refractivity contribution in [2.75, 3.05) is 0 Å². The molecule has 5 nitrogen and oxygen atoms in total. The molecule has 5 heteroatoms. The Hall–Kier alpha value is -2.09. The van der Waals surface area contributed by atoms with Crippen molar-refractivity contribution in [2.45, 2.75) is 13.3 Å². The van der Waals surface area contributed by atoms with Crippen molar-refractivity contribution < 1.29 is 0 Å². The van der Waals surface area contributed by atoms with Crippen molar-refractivity contribution in [2.24, 2.45) is 0 Å². The van der Waals surface area contributed by atoms with E-state index in [2.05, 4.69) is 10.1 Å². The first-order valence-electron chi connectivity index (χ1n) is 4.26. The molecule has 0 aliphatic rings. The Morgan fingerprint density at radius 2 is 2.50 bits per heavy atom. The van der Waals surface area contributed by atoms with Crippen LogP contribution in [-0.2, 0) is 6.42 Å². The van der Waals surface area contributed by atoms with Crippen LogP contribution in [0.5, 0.6) is 0 Å². The second-order valence-electron chi connectivity index (χ2n) is 2.90. The summed E-state index contributed by atoms with van der Waals surface area (Å²) in [4.78, 5) is 15.7. The van der Waals surface area contributed by atoms with Gasteiger partial charge in [-0.1, -0.05) is 6.92 Å². The van der Waals surface area contributed by atoms with Gasteiger partial charge in [0.25, 0.3) is 5.56 Å². The molecular formula is C9H8N4O. The molecule has 1 N–H and O–H groups in total. The fraction of sp³-hybridized carbons (Fsp3) is 0.222. The number of hydrogen-bond acceptors (Lipinski definition) is 3. The first-order chi connectivity index (χ1) is 6.76. The van der Waals surface area contributed by atoms with Gasteiger partial charge >= 0.3 is 0 Å². The van der Waals surface area contributed by atoms with E-state index in [9.17, 15) is 4.79 Å². The van der Waals surface area contributed by atoms with Gasteiger partial charge in [-0.3, -0.25) is 9.89 Å². The molecule has 0 radical (unpaired) electrons. The van der Waals surface area contributed by atoms with Gasteiger partial charge in [0.1, 0.15) is 11.6 Å². The summed E-state index contributed by atoms with van der Waals surface area (Å²) in [6.45, 7) is 1.91. The van der Waals surface area contributed by atoms with Gasteiger partial charge in [-0.15, -0.1) is 0 Å². The molecule has 0 saturated carbocycles. The predicted octanol–water partition coefficient (Wildman–Crippen LogP) is 0.457. The molecule has 0 saturated heterocycles. The van der Waals surface area contributed by atoms with E-state index in [1.165, 1.54) is 16.8 Å². The van der Waals surface area contributed by atoms with Gasteiger partial charge in [0.05, 0.1) is 0 Å². The molecule has 0 amide bonds. The Bertz CT molecular complexity index is 572. The number of aromatic nitrogens is 3. The highest BCUT2D eigenvalue weighted by molar-refractivity contribution is 5.53. The third-order valence-corrected chi connectivity index (χ3v) is 2.03. The lowest BCUT2D eigenvalue weighted by Crippen LogP contribution is -2.15. The molecule has 2 rings (SSSR count). The number of aromatic amines is 1. The Balaban J connectivity index is 2.89. The minimum absolute atomic E-state index is 0.187. The smallest absolute Gasteiger partial charge is 0.272 e. The first-order valence-corrected chi connectivity index (χ1v) is 4.26. The predicted molar refractivity (Wildman–Crippen MR) is 49.9 cm³/mol. The number of nitrogens with zero attached hydrogens (tertiary/aromatic N) is 3. The summed E-state index contributed by atoms with van der Waals surface area (Å²) >= 11 is 0. The first kappa shape index (κ1) is 8.51. The lowest BCUT2D eigenvalue weighted by atomic mass is 10.3. The molecule has 0 bridgehead atoms. The van der Waals surface area contributed by atoms with E-state index in [0.717, 1.165) is 0 Å². The molecule has 70 valence electrons. The Labute approximate surface area is 79.6 Å². The highest BCUT2D eigenvalue weighted by Crippen LogP contribution is 2.04. The third-order valence-electron chi connectivity index (χ3n) is 2.03. The average molecular weight is 188 g/mol. The topological polar surface area (TPSA) is 73.9 Å². The summed E-state index contributed by atoms with van der Waals surface area (Å²) < 4.78 is 1.26. The molecule has 0 spiro atoms. The average Bonchev–Trinajstić information content (AvgIpc) is 2.61. The molecule has 2 heterocycles. The van der Waals surface area contributed by atoms with E-state index in [4.69, 9.17) is 5.26 Å². The van der Waals surface area contributed by atoms with Gasteiger partial charge in [-0.2, -0.15) is 5.26 Å². The van der Waals surface area contributed by atoms with Crippen LogP contribution < -0.4 is 5.56 Å². The normalized spacial score (nSPS) is 10.3. The van der Waals surface area contributed by atoms with E-state index in [-0.39, 0.29) is 5.56 Å². The number of rotatable bonds is 1. The van der Waals surface area contributed by atoms with Crippen molar-refractivity contribution >= 4 is 5.65 Å². The van der Waals surface area contributed by atoms with E-state index in [1.807, 2.05) is 13.0 Å². The lowest BCUT2D eigenvalue weighted by Gasteiger charge is -1.96. The van der Waals surface area contributed by atoms with Gasteiger partial charge in [0, 0.05) is 18.0 Å². The van der Waals surface area contributed by atoms with Crippen molar-refractivity contribution in [1.29, 1.82) is 5.26 Å². The zero-order chi connectivity index (χ0) is 10.1. The quantitative estimate of drug-likeness (QED) is 0.706. The van der Waals surface area contributed by atoms with Crippen LogP contribution in [0.25, 0.3) is 5.65 Å². The number of hydrogen-bond donors (Lipinski definition) is 1. The zero-order valence-corrected chi connectivity index (χ0v) is 7.61. The standard InChI is InChI=1S/C9H8N4O/c1-2-7-3-8(14)13-9(12-7)6(4-10)5-11-13/h3,5,11H,2H2,1H3. The molecule has 0 fully saturated rings. The van der Waals surface area contributed by atoms with Gasteiger partial charge < -0.3 is 0 Å². The number of fused-ring (bicyclic) bond motifs is 1. The summed E-state index contributed by atoms with van der Waals surface area (Å²) in [5.41, 5.74) is 1.30. The van der Waals surface area contributed by atoms with Crippen LogP contribution in [-0.4, -0.2) is 14.6 Å². The van der Waals surface area contributed by atoms with Crippen molar-refractivity contribution in [3.8, 4) is 6.07 Å². The van der Waals surface area contributed by atoms with Gasteiger partial charge in [-0.25, -0.2) is 9.50 Å². The Morgan fingerprint density at radius 1 is 1.71 bits per heavy atom. The van der Waals surface area contributed by atoms with E-state index in [0.29, 0.717) is 23.3 Å². The van der Waals surface area contributed by atoms with E-state index >= 15 is 0 Å². The third kappa shape index (κ3) is 1.09. The van der Waals surface area contributed by atoms with Crippen LogP contribution in [0.2, 0.25) is 0 Å². The van der Waals surface area contributed by atoms with Crippen LogP contribution in [0, 0.1) is 11.3 Å². The summed E-state index contributed by atoms with van der Waals surface area (Å²) in [7, 11) is 0. The van der Waals surface area contributed by atoms with Crippen LogP contribution in [0.15, 0.2) is 17.1 Å². The SMILES string of the molecule is CCc1cc(=O)n2[nH]cc(C#N)c2n1. The van der Waals surface area contributed by atoms with Crippen LogP contribution in [0.3, 0.4) is 0 Å². The van der Waals surface area contributed by atoms with Gasteiger partial charge in [0.15, 0.2) is 5.65 Å². The maximum absolute atomic E-state index is 11.5. The number of aryl methyl sites for hydroxylation is 1. The molecule has 0 aliphatic carbocycles. The maximum atomic E-state index is 11.5. The largest absolute Gasteiger partial charge is 0.295 e. The summed E-state index contributed by atoms with van der Waals surface area (Å²) in [5, 5.41) is 11.4. The Kier molecular flexibility index (Phi) is 1.82. The van der Waals surface area contributed by atoms with Crippen LogP contribution in [0.4, 0.5) is 0 Å². The molecular weight excluding hydrogens is 180 g/mol. The van der Waals surface area contributed by atoms with Crippen molar-refractivity contribution in [3.05, 3.63) is 33.9 Å². The molecule has 2 aromatic heterocycles. The van der Waals surface area contributed by atoms with Crippen LogP contribution >= 0.6 is 0 Å². The number of H-pyrrole nitrogens is 1. The highest BCUT2D eigenvalue weighted by atomic mass is 16.1. The minimum atomic E-state index is -0.187. The fourth-order valence-electron chi connectivity index (χ4n) is 1.29. The summed E-state index contributed by atoms with van der Waals surface area (Å²) in [6.07, 6.45) is 2.16. The minimum Gasteiger partial charge on any atom is -0.295 e. The summed E-state index contributed by atoms with van der Waals surface area (Å²) in [6, 6.07) is 3.44. The van der Waals surface area contributed by atoms with Crippen LogP contribution in [0.1, 0.15) is 18.2 Å². The Morgan fingerprint density at radius 3 is 3.14 bits per heavy atom. The second kappa shape index (κ2) is 3.00. The number of nitrogens with one attached hydrogen (secondary N) is 1. The molecule has 14 heavy (non-hydrogen) atoms. The van der Waals surface area contributed by atoms with Crippen molar-refractivity contribution in [3.63, 3.8) is 0 Å². The van der Waals surface area contributed by atoms with E-state index in [1.54, 1.807) is 0 Å². The molecule has 0 aromatic carbocycles. The van der Waals surface area contributed by atoms with Gasteiger partial charge in [-0.05, 0) is 6.42 Å². The molecule has 0 atom stereocenters. The van der Waals surface area contributed by atoms with Gasteiger partial charge in [0.2, 0.25) is 0 Å². The maximum Gasteiger partial charge on any atom is 0.272 e. The zero-order valence-electron chi connectivity index (χ0n) is 7.61. The summed E-state index contributed by atoms with van der Waals surface area (Å²) in [5.74, 6) is 0.